The number of aliphatic hydroxyl groups excluding tert-OH is 1. The zero-order valence-electron chi connectivity index (χ0n) is 7.94. The summed E-state index contributed by atoms with van der Waals surface area (Å²) in [4.78, 5) is 0. The lowest BCUT2D eigenvalue weighted by Gasteiger charge is -2.08. The van der Waals surface area contributed by atoms with Gasteiger partial charge in [0.15, 0.2) is 0 Å². The molecule has 0 fully saturated rings. The van der Waals surface area contributed by atoms with E-state index in [4.69, 9.17) is 5.11 Å². The second-order valence-corrected chi connectivity index (χ2v) is 4.55. The van der Waals surface area contributed by atoms with E-state index >= 15 is 0 Å². The minimum Gasteiger partial charge on any atom is -0.396 e. The molecule has 1 rings (SSSR count). The average molecular weight is 196 g/mol. The van der Waals surface area contributed by atoms with Crippen LogP contribution in [0.1, 0.15) is 18.9 Å². The summed E-state index contributed by atoms with van der Waals surface area (Å²) in [6.45, 7) is 2.45. The zero-order chi connectivity index (χ0) is 9.52. The van der Waals surface area contributed by atoms with Crippen LogP contribution in [-0.4, -0.2) is 17.0 Å². The van der Waals surface area contributed by atoms with E-state index in [2.05, 4.69) is 31.2 Å². The maximum absolute atomic E-state index is 8.72. The Bertz CT molecular complexity index is 223. The third kappa shape index (κ3) is 4.34. The lowest BCUT2D eigenvalue weighted by Crippen LogP contribution is -1.99. The van der Waals surface area contributed by atoms with Crippen molar-refractivity contribution in [1.29, 1.82) is 0 Å². The van der Waals surface area contributed by atoms with E-state index in [0.717, 1.165) is 12.2 Å². The van der Waals surface area contributed by atoms with E-state index in [1.807, 2.05) is 17.8 Å². The Morgan fingerprint density at radius 1 is 1.31 bits per heavy atom. The van der Waals surface area contributed by atoms with Crippen molar-refractivity contribution in [3.05, 3.63) is 35.9 Å². The molecule has 0 aromatic heterocycles. The second kappa shape index (κ2) is 6.06. The maximum Gasteiger partial charge on any atom is 0.0441 e. The minimum atomic E-state index is 0.295. The fourth-order valence-corrected chi connectivity index (χ4v) is 2.02. The van der Waals surface area contributed by atoms with Gasteiger partial charge in [0.2, 0.25) is 0 Å². The molecule has 1 aromatic rings. The molecule has 0 saturated heterocycles. The Kier molecular flexibility index (Phi) is 4.94. The first-order valence-electron chi connectivity index (χ1n) is 4.59. The molecule has 0 aliphatic heterocycles. The van der Waals surface area contributed by atoms with Crippen LogP contribution in [0.3, 0.4) is 0 Å². The molecule has 0 heterocycles. The Labute approximate surface area is 84.2 Å². The van der Waals surface area contributed by atoms with Gasteiger partial charge in [-0.15, -0.1) is 0 Å². The first-order valence-corrected chi connectivity index (χ1v) is 5.64. The molecule has 1 atom stereocenters. The topological polar surface area (TPSA) is 20.2 Å². The minimum absolute atomic E-state index is 0.295. The van der Waals surface area contributed by atoms with Gasteiger partial charge in [-0.1, -0.05) is 37.3 Å². The third-order valence-corrected chi connectivity index (χ3v) is 3.22. The Morgan fingerprint density at radius 2 is 2.00 bits per heavy atom. The van der Waals surface area contributed by atoms with Crippen LogP contribution in [0.15, 0.2) is 30.3 Å². The molecule has 2 heteroatoms. The summed E-state index contributed by atoms with van der Waals surface area (Å²) in [5.41, 5.74) is 1.36. The van der Waals surface area contributed by atoms with Crippen molar-refractivity contribution in [2.24, 2.45) is 0 Å². The Morgan fingerprint density at radius 3 is 2.62 bits per heavy atom. The van der Waals surface area contributed by atoms with Gasteiger partial charge in [-0.2, -0.15) is 11.8 Å². The Hall–Kier alpha value is -0.470. The van der Waals surface area contributed by atoms with Crippen LogP contribution in [0.2, 0.25) is 0 Å². The molecule has 1 aromatic carbocycles. The highest BCUT2D eigenvalue weighted by Crippen LogP contribution is 2.19. The molecule has 1 nitrogen and oxygen atoms in total. The van der Waals surface area contributed by atoms with E-state index in [9.17, 15) is 0 Å². The van der Waals surface area contributed by atoms with Gasteiger partial charge in [0.1, 0.15) is 0 Å². The number of thioether (sulfide) groups is 1. The normalized spacial score (nSPS) is 12.8. The van der Waals surface area contributed by atoms with Crippen LogP contribution in [0.4, 0.5) is 0 Å². The molecular formula is C11H16OS. The molecule has 0 bridgehead atoms. The van der Waals surface area contributed by atoms with Gasteiger partial charge in [-0.25, -0.2) is 0 Å². The van der Waals surface area contributed by atoms with Crippen LogP contribution in [0, 0.1) is 0 Å². The van der Waals surface area contributed by atoms with Crippen molar-refractivity contribution in [1.82, 2.24) is 0 Å². The van der Waals surface area contributed by atoms with Crippen molar-refractivity contribution in [3.8, 4) is 0 Å². The molecule has 0 spiro atoms. The summed E-state index contributed by atoms with van der Waals surface area (Å²) in [6, 6.07) is 10.4. The summed E-state index contributed by atoms with van der Waals surface area (Å²) in [6.07, 6.45) is 0.886. The molecule has 0 aliphatic carbocycles. The molecule has 0 unspecified atom stereocenters. The Balaban J connectivity index is 2.27. The smallest absolute Gasteiger partial charge is 0.0441 e. The third-order valence-electron chi connectivity index (χ3n) is 1.91. The molecule has 72 valence electrons. The van der Waals surface area contributed by atoms with Gasteiger partial charge in [0.05, 0.1) is 0 Å². The quantitative estimate of drug-likeness (QED) is 0.781. The van der Waals surface area contributed by atoms with E-state index in [-0.39, 0.29) is 0 Å². The number of benzene rings is 1. The van der Waals surface area contributed by atoms with Gasteiger partial charge < -0.3 is 5.11 Å². The molecule has 0 aliphatic rings. The lowest BCUT2D eigenvalue weighted by atomic mass is 10.2. The first kappa shape index (κ1) is 10.6. The van der Waals surface area contributed by atoms with Crippen molar-refractivity contribution < 1.29 is 5.11 Å². The highest BCUT2D eigenvalue weighted by molar-refractivity contribution is 7.99. The average Bonchev–Trinajstić information content (AvgIpc) is 2.17. The van der Waals surface area contributed by atoms with Crippen LogP contribution in [0.5, 0.6) is 0 Å². The monoisotopic (exact) mass is 196 g/mol. The van der Waals surface area contributed by atoms with E-state index in [1.54, 1.807) is 0 Å². The lowest BCUT2D eigenvalue weighted by molar-refractivity contribution is 0.289. The predicted octanol–water partition coefficient (Wildman–Crippen LogP) is 2.69. The molecule has 1 N–H and O–H groups in total. The summed E-state index contributed by atoms with van der Waals surface area (Å²) < 4.78 is 0. The fraction of sp³-hybridized carbons (Fsp3) is 0.455. The molecular weight excluding hydrogens is 180 g/mol. The number of aliphatic hydroxyl groups is 1. The molecule has 0 saturated carbocycles. The van der Waals surface area contributed by atoms with E-state index < -0.39 is 0 Å². The van der Waals surface area contributed by atoms with Gasteiger partial charge in [-0.05, 0) is 12.0 Å². The SMILES string of the molecule is C[C@H](CCO)SCc1ccccc1. The molecule has 0 amide bonds. The van der Waals surface area contributed by atoms with Crippen LogP contribution in [-0.2, 0) is 5.75 Å². The van der Waals surface area contributed by atoms with E-state index in [1.165, 1.54) is 5.56 Å². The maximum atomic E-state index is 8.72. The van der Waals surface area contributed by atoms with Crippen LogP contribution >= 0.6 is 11.8 Å². The van der Waals surface area contributed by atoms with Crippen LogP contribution < -0.4 is 0 Å². The second-order valence-electron chi connectivity index (χ2n) is 3.12. The standard InChI is InChI=1S/C11H16OS/c1-10(7-8-12)13-9-11-5-3-2-4-6-11/h2-6,10,12H,7-9H2,1H3/t10-/m1/s1. The van der Waals surface area contributed by atoms with E-state index in [0.29, 0.717) is 11.9 Å². The van der Waals surface area contributed by atoms with Crippen molar-refractivity contribution in [3.63, 3.8) is 0 Å². The summed E-state index contributed by atoms with van der Waals surface area (Å²) in [7, 11) is 0. The van der Waals surface area contributed by atoms with Gasteiger partial charge in [-0.3, -0.25) is 0 Å². The fourth-order valence-electron chi connectivity index (χ4n) is 1.08. The number of hydrogen-bond donors (Lipinski definition) is 1. The van der Waals surface area contributed by atoms with Crippen molar-refractivity contribution in [2.45, 2.75) is 24.3 Å². The predicted molar refractivity (Wildman–Crippen MR) is 58.9 cm³/mol. The molecule has 0 radical (unpaired) electrons. The summed E-state index contributed by atoms with van der Waals surface area (Å²) in [5, 5.41) is 9.27. The number of hydrogen-bond acceptors (Lipinski definition) is 2. The summed E-state index contributed by atoms with van der Waals surface area (Å²) >= 11 is 1.89. The van der Waals surface area contributed by atoms with Crippen molar-refractivity contribution >= 4 is 11.8 Å². The molecule has 13 heavy (non-hydrogen) atoms. The van der Waals surface area contributed by atoms with Crippen LogP contribution in [0.25, 0.3) is 0 Å². The number of rotatable bonds is 5. The highest BCUT2D eigenvalue weighted by Gasteiger charge is 2.01. The van der Waals surface area contributed by atoms with Gasteiger partial charge in [0, 0.05) is 17.6 Å². The summed E-state index contributed by atoms with van der Waals surface area (Å²) in [5.74, 6) is 1.04. The van der Waals surface area contributed by atoms with Gasteiger partial charge in [0.25, 0.3) is 0 Å². The zero-order valence-corrected chi connectivity index (χ0v) is 8.76. The highest BCUT2D eigenvalue weighted by atomic mass is 32.2. The van der Waals surface area contributed by atoms with Crippen molar-refractivity contribution in [2.75, 3.05) is 6.61 Å². The van der Waals surface area contributed by atoms with Gasteiger partial charge >= 0.3 is 0 Å². The largest absolute Gasteiger partial charge is 0.396 e. The first-order chi connectivity index (χ1) is 6.33.